The highest BCUT2D eigenvalue weighted by Gasteiger charge is 2.30. The minimum atomic E-state index is -0.460. The summed E-state index contributed by atoms with van der Waals surface area (Å²) in [6, 6.07) is 19.6. The largest absolute Gasteiger partial charge is 0.365 e. The lowest BCUT2D eigenvalue weighted by Crippen LogP contribution is -2.22. The Bertz CT molecular complexity index is 1080. The zero-order valence-electron chi connectivity index (χ0n) is 18.2. The number of carbonyl (C=O) groups is 2. The van der Waals surface area contributed by atoms with Crippen LogP contribution < -0.4 is 11.1 Å². The van der Waals surface area contributed by atoms with Gasteiger partial charge < -0.3 is 11.1 Å². The second-order valence-corrected chi connectivity index (χ2v) is 10.5. The van der Waals surface area contributed by atoms with Gasteiger partial charge in [0, 0.05) is 9.77 Å². The average molecular weight is 465 g/mol. The topological polar surface area (TPSA) is 72.2 Å². The molecule has 0 saturated heterocycles. The van der Waals surface area contributed by atoms with Crippen LogP contribution in [0.25, 0.3) is 0 Å². The number of benzene rings is 2. The summed E-state index contributed by atoms with van der Waals surface area (Å²) in [7, 11) is 0. The smallest absolute Gasteiger partial charge is 0.251 e. The maximum absolute atomic E-state index is 13.5. The number of nitrogens with two attached hydrogens (primary N) is 1. The Morgan fingerprint density at radius 2 is 1.81 bits per heavy atom. The number of hydrogen-bond donors (Lipinski definition) is 2. The van der Waals surface area contributed by atoms with E-state index in [4.69, 9.17) is 5.73 Å². The fourth-order valence-electron chi connectivity index (χ4n) is 4.37. The quantitative estimate of drug-likeness (QED) is 0.389. The molecule has 2 amide bonds. The molecule has 32 heavy (non-hydrogen) atoms. The predicted octanol–water partition coefficient (Wildman–Crippen LogP) is 6.22. The fourth-order valence-corrected chi connectivity index (χ4v) is 6.79. The first-order valence-electron chi connectivity index (χ1n) is 11.1. The van der Waals surface area contributed by atoms with E-state index in [9.17, 15) is 9.59 Å². The van der Waals surface area contributed by atoms with Crippen LogP contribution in [0.4, 0.5) is 5.00 Å². The molecule has 0 bridgehead atoms. The number of amides is 2. The summed E-state index contributed by atoms with van der Waals surface area (Å²) >= 11 is 3.03. The fraction of sp³-hybridized carbons (Fsp3) is 0.308. The van der Waals surface area contributed by atoms with Gasteiger partial charge in [0.1, 0.15) is 10.3 Å². The van der Waals surface area contributed by atoms with Gasteiger partial charge in [-0.2, -0.15) is 0 Å². The van der Waals surface area contributed by atoms with E-state index in [-0.39, 0.29) is 5.91 Å². The molecule has 166 valence electrons. The molecule has 1 heterocycles. The van der Waals surface area contributed by atoms with Crippen molar-refractivity contribution in [2.75, 3.05) is 5.32 Å². The van der Waals surface area contributed by atoms with Crippen molar-refractivity contribution in [1.29, 1.82) is 0 Å². The van der Waals surface area contributed by atoms with Gasteiger partial charge in [0.05, 0.1) is 5.56 Å². The monoisotopic (exact) mass is 464 g/mol. The molecule has 3 N–H and O–H groups in total. The Morgan fingerprint density at radius 3 is 2.47 bits per heavy atom. The summed E-state index contributed by atoms with van der Waals surface area (Å²) in [6.45, 7) is 2.21. The summed E-state index contributed by atoms with van der Waals surface area (Å²) in [5.74, 6) is 0.0381. The zero-order chi connectivity index (χ0) is 22.5. The number of primary amides is 1. The summed E-state index contributed by atoms with van der Waals surface area (Å²) < 4.78 is 0. The Morgan fingerprint density at radius 1 is 1.12 bits per heavy atom. The highest BCUT2D eigenvalue weighted by Crippen LogP contribution is 2.42. The normalized spacial score (nSPS) is 16.2. The highest BCUT2D eigenvalue weighted by atomic mass is 32.2. The van der Waals surface area contributed by atoms with Crippen molar-refractivity contribution < 1.29 is 9.59 Å². The van der Waals surface area contributed by atoms with E-state index in [1.54, 1.807) is 0 Å². The van der Waals surface area contributed by atoms with Crippen LogP contribution in [-0.2, 0) is 17.6 Å². The van der Waals surface area contributed by atoms with Crippen molar-refractivity contribution in [1.82, 2.24) is 0 Å². The van der Waals surface area contributed by atoms with E-state index in [2.05, 4.69) is 12.2 Å². The first-order chi connectivity index (χ1) is 15.6. The van der Waals surface area contributed by atoms with Crippen LogP contribution in [0.15, 0.2) is 65.6 Å². The maximum atomic E-state index is 13.5. The molecule has 0 spiro atoms. The Balaban J connectivity index is 1.63. The first kappa shape index (κ1) is 22.6. The molecular formula is C26H28N2O2S2. The Hall–Kier alpha value is -2.57. The summed E-state index contributed by atoms with van der Waals surface area (Å²) in [6.07, 6.45) is 5.24. The van der Waals surface area contributed by atoms with Gasteiger partial charge in [0.15, 0.2) is 0 Å². The molecule has 4 nitrogen and oxygen atoms in total. The summed E-state index contributed by atoms with van der Waals surface area (Å²) in [5, 5.41) is 3.23. The van der Waals surface area contributed by atoms with Crippen molar-refractivity contribution >= 4 is 39.9 Å². The Labute approximate surface area is 197 Å². The molecule has 2 aromatic carbocycles. The van der Waals surface area contributed by atoms with E-state index in [1.165, 1.54) is 34.4 Å². The molecule has 2 unspecified atom stereocenters. The van der Waals surface area contributed by atoms with E-state index in [0.29, 0.717) is 16.5 Å². The van der Waals surface area contributed by atoms with Crippen LogP contribution in [0.2, 0.25) is 0 Å². The highest BCUT2D eigenvalue weighted by molar-refractivity contribution is 8.00. The van der Waals surface area contributed by atoms with Crippen molar-refractivity contribution in [2.24, 2.45) is 11.7 Å². The van der Waals surface area contributed by atoms with Gasteiger partial charge >= 0.3 is 0 Å². The predicted molar refractivity (Wildman–Crippen MR) is 133 cm³/mol. The summed E-state index contributed by atoms with van der Waals surface area (Å²) in [4.78, 5) is 28.1. The lowest BCUT2D eigenvalue weighted by atomic mass is 9.84. The third kappa shape index (κ3) is 5.08. The van der Waals surface area contributed by atoms with Gasteiger partial charge in [0.25, 0.3) is 5.91 Å². The SMILES string of the molecule is CCCC1CCc2c(sc(NC(=O)C(Sc3ccccc3)c3ccccc3)c2C(N)=O)C1. The number of fused-ring (bicyclic) bond motifs is 1. The number of thiophene rings is 1. The van der Waals surface area contributed by atoms with Crippen LogP contribution in [-0.4, -0.2) is 11.8 Å². The van der Waals surface area contributed by atoms with Crippen LogP contribution in [0.3, 0.4) is 0 Å². The number of carbonyl (C=O) groups excluding carboxylic acids is 2. The average Bonchev–Trinajstić information content (AvgIpc) is 3.16. The van der Waals surface area contributed by atoms with E-state index in [1.807, 2.05) is 60.7 Å². The van der Waals surface area contributed by atoms with Gasteiger partial charge in [-0.05, 0) is 48.4 Å². The van der Waals surface area contributed by atoms with Crippen molar-refractivity contribution in [3.63, 3.8) is 0 Å². The summed E-state index contributed by atoms with van der Waals surface area (Å²) in [5.41, 5.74) is 8.24. The second-order valence-electron chi connectivity index (χ2n) is 8.18. The molecule has 4 rings (SSSR count). The van der Waals surface area contributed by atoms with Crippen LogP contribution in [0.5, 0.6) is 0 Å². The van der Waals surface area contributed by atoms with Crippen molar-refractivity contribution in [2.45, 2.75) is 49.2 Å². The van der Waals surface area contributed by atoms with Gasteiger partial charge in [-0.15, -0.1) is 23.1 Å². The van der Waals surface area contributed by atoms with Gasteiger partial charge in [-0.25, -0.2) is 0 Å². The third-order valence-corrected chi connectivity index (χ3v) is 8.32. The van der Waals surface area contributed by atoms with Gasteiger partial charge in [0.2, 0.25) is 5.91 Å². The number of nitrogens with one attached hydrogen (secondary N) is 1. The lowest BCUT2D eigenvalue weighted by Gasteiger charge is -2.21. The first-order valence-corrected chi connectivity index (χ1v) is 12.8. The van der Waals surface area contributed by atoms with Crippen LogP contribution in [0, 0.1) is 5.92 Å². The third-order valence-electron chi connectivity index (χ3n) is 5.88. The zero-order valence-corrected chi connectivity index (χ0v) is 19.8. The second kappa shape index (κ2) is 10.4. The molecule has 0 fully saturated rings. The number of anilines is 1. The molecule has 1 aromatic heterocycles. The molecule has 0 aliphatic heterocycles. The van der Waals surface area contributed by atoms with E-state index < -0.39 is 11.2 Å². The van der Waals surface area contributed by atoms with Crippen LogP contribution >= 0.6 is 23.1 Å². The van der Waals surface area contributed by atoms with E-state index in [0.717, 1.165) is 41.7 Å². The van der Waals surface area contributed by atoms with Crippen LogP contribution in [0.1, 0.15) is 57.8 Å². The number of hydrogen-bond acceptors (Lipinski definition) is 4. The molecule has 1 aliphatic carbocycles. The maximum Gasteiger partial charge on any atom is 0.251 e. The Kier molecular flexibility index (Phi) is 7.33. The van der Waals surface area contributed by atoms with E-state index >= 15 is 0 Å². The number of rotatable bonds is 8. The minimum Gasteiger partial charge on any atom is -0.365 e. The molecular weight excluding hydrogens is 436 g/mol. The van der Waals surface area contributed by atoms with Crippen molar-refractivity contribution in [3.8, 4) is 0 Å². The molecule has 0 radical (unpaired) electrons. The molecule has 1 aliphatic rings. The van der Waals surface area contributed by atoms with Gasteiger partial charge in [-0.3, -0.25) is 9.59 Å². The standard InChI is InChI=1S/C26H28N2O2S2/c1-2-9-17-14-15-20-21(16-17)32-26(22(20)24(27)29)28-25(30)23(18-10-5-3-6-11-18)31-19-12-7-4-8-13-19/h3-8,10-13,17,23H,2,9,14-16H2,1H3,(H2,27,29)(H,28,30). The molecule has 6 heteroatoms. The van der Waals surface area contributed by atoms with Crippen molar-refractivity contribution in [3.05, 3.63) is 82.2 Å². The molecule has 3 aromatic rings. The minimum absolute atomic E-state index is 0.142. The number of thioether (sulfide) groups is 1. The molecule has 2 atom stereocenters. The lowest BCUT2D eigenvalue weighted by molar-refractivity contribution is -0.115. The molecule has 0 saturated carbocycles. The van der Waals surface area contributed by atoms with Gasteiger partial charge in [-0.1, -0.05) is 68.3 Å².